The standard InChI is InChI=1S/C14H21N3O3/c1-20-7-5-11-4-2-3-6-17(10-11)13-9-15-12(8-16-13)14(18)19/h8-9,11H,2-7,10H2,1H3,(H,18,19). The molecule has 0 radical (unpaired) electrons. The van der Waals surface area contributed by atoms with Crippen LogP contribution in [-0.2, 0) is 4.74 Å². The molecule has 1 saturated heterocycles. The normalized spacial score (nSPS) is 19.6. The number of rotatable bonds is 5. The second-order valence-corrected chi connectivity index (χ2v) is 5.15. The number of aromatic nitrogens is 2. The molecule has 1 aromatic heterocycles. The highest BCUT2D eigenvalue weighted by Gasteiger charge is 2.19. The summed E-state index contributed by atoms with van der Waals surface area (Å²) in [6, 6.07) is 0. The van der Waals surface area contributed by atoms with Crippen molar-refractivity contribution in [3.63, 3.8) is 0 Å². The molecule has 6 nitrogen and oxygen atoms in total. The van der Waals surface area contributed by atoms with Gasteiger partial charge in [0.25, 0.3) is 0 Å². The third-order valence-electron chi connectivity index (χ3n) is 3.68. The summed E-state index contributed by atoms with van der Waals surface area (Å²) in [5.41, 5.74) is -0.0143. The molecule has 1 N–H and O–H groups in total. The van der Waals surface area contributed by atoms with Crippen LogP contribution >= 0.6 is 0 Å². The first-order valence-electron chi connectivity index (χ1n) is 7.00. The van der Waals surface area contributed by atoms with E-state index in [-0.39, 0.29) is 5.69 Å². The van der Waals surface area contributed by atoms with Crippen molar-refractivity contribution in [1.82, 2.24) is 9.97 Å². The number of ether oxygens (including phenoxy) is 1. The van der Waals surface area contributed by atoms with Gasteiger partial charge in [-0.05, 0) is 25.2 Å². The molecule has 6 heteroatoms. The van der Waals surface area contributed by atoms with Gasteiger partial charge in [-0.15, -0.1) is 0 Å². The number of hydrogen-bond acceptors (Lipinski definition) is 5. The maximum Gasteiger partial charge on any atom is 0.356 e. The van der Waals surface area contributed by atoms with Crippen molar-refractivity contribution in [2.45, 2.75) is 25.7 Å². The average molecular weight is 279 g/mol. The van der Waals surface area contributed by atoms with Crippen LogP contribution in [0.5, 0.6) is 0 Å². The Morgan fingerprint density at radius 3 is 2.95 bits per heavy atom. The highest BCUT2D eigenvalue weighted by Crippen LogP contribution is 2.22. The lowest BCUT2D eigenvalue weighted by Gasteiger charge is -2.25. The van der Waals surface area contributed by atoms with E-state index in [0.717, 1.165) is 38.4 Å². The van der Waals surface area contributed by atoms with E-state index in [1.807, 2.05) is 0 Å². The largest absolute Gasteiger partial charge is 0.476 e. The van der Waals surface area contributed by atoms with Gasteiger partial charge in [-0.3, -0.25) is 0 Å². The van der Waals surface area contributed by atoms with Gasteiger partial charge in [0.15, 0.2) is 5.69 Å². The summed E-state index contributed by atoms with van der Waals surface area (Å²) in [6.45, 7) is 2.66. The Kier molecular flexibility index (Phi) is 5.29. The van der Waals surface area contributed by atoms with Crippen molar-refractivity contribution in [1.29, 1.82) is 0 Å². The second-order valence-electron chi connectivity index (χ2n) is 5.15. The lowest BCUT2D eigenvalue weighted by Crippen LogP contribution is -2.29. The van der Waals surface area contributed by atoms with Gasteiger partial charge < -0.3 is 14.7 Å². The van der Waals surface area contributed by atoms with Crippen molar-refractivity contribution >= 4 is 11.8 Å². The van der Waals surface area contributed by atoms with Crippen LogP contribution in [0.3, 0.4) is 0 Å². The molecule has 20 heavy (non-hydrogen) atoms. The Bertz CT molecular complexity index is 436. The molecule has 2 rings (SSSR count). The molecule has 110 valence electrons. The molecule has 0 aliphatic carbocycles. The number of hydrogen-bond donors (Lipinski definition) is 1. The molecular weight excluding hydrogens is 258 g/mol. The molecule has 1 aliphatic rings. The molecule has 1 fully saturated rings. The van der Waals surface area contributed by atoms with Gasteiger partial charge in [0.2, 0.25) is 0 Å². The molecule has 1 aliphatic heterocycles. The number of nitrogens with zero attached hydrogens (tertiary/aromatic N) is 3. The summed E-state index contributed by atoms with van der Waals surface area (Å²) in [7, 11) is 1.73. The first-order chi connectivity index (χ1) is 9.70. The van der Waals surface area contributed by atoms with Gasteiger partial charge in [-0.25, -0.2) is 14.8 Å². The minimum atomic E-state index is -1.04. The van der Waals surface area contributed by atoms with E-state index in [1.54, 1.807) is 13.3 Å². The van der Waals surface area contributed by atoms with E-state index in [2.05, 4.69) is 14.9 Å². The summed E-state index contributed by atoms with van der Waals surface area (Å²) in [6.07, 6.45) is 7.49. The van der Waals surface area contributed by atoms with Crippen LogP contribution in [0.15, 0.2) is 12.4 Å². The number of methoxy groups -OCH3 is 1. The van der Waals surface area contributed by atoms with Crippen LogP contribution in [0, 0.1) is 5.92 Å². The van der Waals surface area contributed by atoms with Gasteiger partial charge in [-0.2, -0.15) is 0 Å². The zero-order valence-corrected chi connectivity index (χ0v) is 11.8. The minimum absolute atomic E-state index is 0.0143. The monoisotopic (exact) mass is 279 g/mol. The quantitative estimate of drug-likeness (QED) is 0.886. The van der Waals surface area contributed by atoms with Crippen molar-refractivity contribution in [2.75, 3.05) is 31.7 Å². The van der Waals surface area contributed by atoms with Crippen LogP contribution in [0.1, 0.15) is 36.2 Å². The number of carboxylic acids is 1. The summed E-state index contributed by atoms with van der Waals surface area (Å²) in [5, 5.41) is 8.84. The SMILES string of the molecule is COCCC1CCCCN(c2cnc(C(=O)O)cn2)C1. The van der Waals surface area contributed by atoms with Crippen LogP contribution < -0.4 is 4.90 Å². The summed E-state index contributed by atoms with van der Waals surface area (Å²) in [5.74, 6) is 0.315. The van der Waals surface area contributed by atoms with Gasteiger partial charge >= 0.3 is 5.97 Å². The molecular formula is C14H21N3O3. The molecule has 0 amide bonds. The van der Waals surface area contributed by atoms with E-state index in [4.69, 9.17) is 9.84 Å². The second kappa shape index (κ2) is 7.19. The zero-order valence-electron chi connectivity index (χ0n) is 11.8. The Labute approximate surface area is 118 Å². The van der Waals surface area contributed by atoms with Gasteiger partial charge in [0.1, 0.15) is 5.82 Å². The van der Waals surface area contributed by atoms with Crippen molar-refractivity contribution in [3.8, 4) is 0 Å². The van der Waals surface area contributed by atoms with Crippen LogP contribution in [0.25, 0.3) is 0 Å². The first-order valence-corrected chi connectivity index (χ1v) is 7.00. The topological polar surface area (TPSA) is 75.5 Å². The number of carbonyl (C=O) groups is 1. The molecule has 1 atom stereocenters. The van der Waals surface area contributed by atoms with E-state index in [9.17, 15) is 4.79 Å². The fourth-order valence-corrected chi connectivity index (χ4v) is 2.55. The minimum Gasteiger partial charge on any atom is -0.476 e. The number of carboxylic acid groups (broad SMARTS) is 1. The summed E-state index contributed by atoms with van der Waals surface area (Å²) in [4.78, 5) is 21.2. The molecule has 0 spiro atoms. The van der Waals surface area contributed by atoms with Crippen molar-refractivity contribution in [3.05, 3.63) is 18.1 Å². The molecule has 0 saturated carbocycles. The van der Waals surface area contributed by atoms with E-state index in [1.165, 1.54) is 19.0 Å². The number of anilines is 1. The average Bonchev–Trinajstić information content (AvgIpc) is 2.71. The maximum absolute atomic E-state index is 10.8. The zero-order chi connectivity index (χ0) is 14.4. The van der Waals surface area contributed by atoms with E-state index < -0.39 is 5.97 Å². The smallest absolute Gasteiger partial charge is 0.356 e. The van der Waals surface area contributed by atoms with Crippen molar-refractivity contribution < 1.29 is 14.6 Å². The molecule has 0 aromatic carbocycles. The third kappa shape index (κ3) is 3.90. The summed E-state index contributed by atoms with van der Waals surface area (Å²) < 4.78 is 5.16. The Hall–Kier alpha value is -1.69. The van der Waals surface area contributed by atoms with Crippen LogP contribution in [-0.4, -0.2) is 47.8 Å². The fraction of sp³-hybridized carbons (Fsp3) is 0.643. The molecule has 1 unspecified atom stereocenters. The maximum atomic E-state index is 10.8. The molecule has 1 aromatic rings. The third-order valence-corrected chi connectivity index (χ3v) is 3.68. The Morgan fingerprint density at radius 2 is 2.30 bits per heavy atom. The summed E-state index contributed by atoms with van der Waals surface area (Å²) >= 11 is 0. The van der Waals surface area contributed by atoms with E-state index in [0.29, 0.717) is 5.92 Å². The highest BCUT2D eigenvalue weighted by molar-refractivity contribution is 5.84. The lowest BCUT2D eigenvalue weighted by atomic mass is 10.0. The Balaban J connectivity index is 2.03. The highest BCUT2D eigenvalue weighted by atomic mass is 16.5. The Morgan fingerprint density at radius 1 is 1.45 bits per heavy atom. The molecule has 0 bridgehead atoms. The number of aromatic carboxylic acids is 1. The van der Waals surface area contributed by atoms with Gasteiger partial charge in [0, 0.05) is 26.8 Å². The predicted octanol–water partition coefficient (Wildman–Crippen LogP) is 1.82. The first kappa shape index (κ1) is 14.7. The van der Waals surface area contributed by atoms with Crippen LogP contribution in [0.2, 0.25) is 0 Å². The van der Waals surface area contributed by atoms with Gasteiger partial charge in [-0.1, -0.05) is 6.42 Å². The predicted molar refractivity (Wildman–Crippen MR) is 75.0 cm³/mol. The van der Waals surface area contributed by atoms with Crippen molar-refractivity contribution in [2.24, 2.45) is 5.92 Å². The van der Waals surface area contributed by atoms with Gasteiger partial charge in [0.05, 0.1) is 12.4 Å². The van der Waals surface area contributed by atoms with Crippen LogP contribution in [0.4, 0.5) is 5.82 Å². The van der Waals surface area contributed by atoms with E-state index >= 15 is 0 Å². The lowest BCUT2D eigenvalue weighted by molar-refractivity contribution is 0.0690. The fourth-order valence-electron chi connectivity index (χ4n) is 2.55. The molecule has 2 heterocycles.